The van der Waals surface area contributed by atoms with Gasteiger partial charge in [0.2, 0.25) is 0 Å². The van der Waals surface area contributed by atoms with Crippen molar-refractivity contribution in [3.05, 3.63) is 27.5 Å². The molecule has 2 aromatic heterocycles. The van der Waals surface area contributed by atoms with Crippen molar-refractivity contribution in [1.29, 1.82) is 0 Å². The summed E-state index contributed by atoms with van der Waals surface area (Å²) in [6.45, 7) is 0. The molecule has 2 rings (SSSR count). The molecule has 0 aliphatic rings. The van der Waals surface area contributed by atoms with Gasteiger partial charge < -0.3 is 0 Å². The second-order valence-corrected chi connectivity index (χ2v) is 2.72. The number of H-pyrrole nitrogens is 1. The Balaban J connectivity index is 2.80. The quantitative estimate of drug-likeness (QED) is 0.556. The minimum atomic E-state index is -0.582. The molecule has 6 nitrogen and oxygen atoms in total. The first-order valence-electron chi connectivity index (χ1n) is 3.32. The minimum Gasteiger partial charge on any atom is -0.261 e. The zero-order chi connectivity index (χ0) is 9.42. The molecule has 0 saturated carbocycles. The minimum absolute atomic E-state index is 0.0590. The van der Waals surface area contributed by atoms with Crippen LogP contribution in [0.5, 0.6) is 0 Å². The van der Waals surface area contributed by atoms with E-state index in [4.69, 9.17) is 11.6 Å². The van der Waals surface area contributed by atoms with Gasteiger partial charge in [-0.3, -0.25) is 15.2 Å². The van der Waals surface area contributed by atoms with E-state index in [1.807, 2.05) is 0 Å². The van der Waals surface area contributed by atoms with E-state index in [1.165, 1.54) is 6.20 Å². The maximum Gasteiger partial charge on any atom is 0.306 e. The molecule has 0 bridgehead atoms. The van der Waals surface area contributed by atoms with Gasteiger partial charge in [0, 0.05) is 0 Å². The van der Waals surface area contributed by atoms with Gasteiger partial charge in [-0.2, -0.15) is 5.10 Å². The molecule has 0 radical (unpaired) electrons. The van der Waals surface area contributed by atoms with Gasteiger partial charge in [-0.15, -0.1) is 0 Å². The SMILES string of the molecule is O=[N+]([O-])c1cnc2[nH]ncc2c1Cl. The second kappa shape index (κ2) is 2.67. The highest BCUT2D eigenvalue weighted by molar-refractivity contribution is 6.37. The molecule has 66 valence electrons. The summed E-state index contributed by atoms with van der Waals surface area (Å²) in [5.74, 6) is 0. The topological polar surface area (TPSA) is 84.7 Å². The molecular weight excluding hydrogens is 196 g/mol. The van der Waals surface area contributed by atoms with Crippen molar-refractivity contribution in [2.24, 2.45) is 0 Å². The van der Waals surface area contributed by atoms with Crippen LogP contribution in [0.15, 0.2) is 12.4 Å². The normalized spacial score (nSPS) is 10.5. The van der Waals surface area contributed by atoms with E-state index in [9.17, 15) is 10.1 Å². The monoisotopic (exact) mass is 198 g/mol. The molecule has 0 aliphatic carbocycles. The number of hydrogen-bond donors (Lipinski definition) is 1. The van der Waals surface area contributed by atoms with Crippen molar-refractivity contribution >= 4 is 28.3 Å². The van der Waals surface area contributed by atoms with E-state index < -0.39 is 4.92 Å². The van der Waals surface area contributed by atoms with E-state index in [2.05, 4.69) is 15.2 Å². The van der Waals surface area contributed by atoms with Crippen LogP contribution in [0, 0.1) is 10.1 Å². The van der Waals surface area contributed by atoms with Crippen molar-refractivity contribution in [2.45, 2.75) is 0 Å². The molecule has 0 saturated heterocycles. The van der Waals surface area contributed by atoms with Crippen LogP contribution in [0.1, 0.15) is 0 Å². The zero-order valence-corrected chi connectivity index (χ0v) is 6.95. The summed E-state index contributed by atoms with van der Waals surface area (Å²) >= 11 is 5.74. The fraction of sp³-hybridized carbons (Fsp3) is 0. The first kappa shape index (κ1) is 7.93. The van der Waals surface area contributed by atoms with Crippen molar-refractivity contribution in [2.75, 3.05) is 0 Å². The van der Waals surface area contributed by atoms with E-state index >= 15 is 0 Å². The third-order valence-electron chi connectivity index (χ3n) is 1.59. The third-order valence-corrected chi connectivity index (χ3v) is 1.99. The summed E-state index contributed by atoms with van der Waals surface area (Å²) in [5, 5.41) is 17.2. The molecule has 0 aromatic carbocycles. The molecule has 2 heterocycles. The highest BCUT2D eigenvalue weighted by Crippen LogP contribution is 2.29. The molecule has 0 atom stereocenters. The third kappa shape index (κ3) is 1.11. The van der Waals surface area contributed by atoms with Crippen molar-refractivity contribution in [3.8, 4) is 0 Å². The van der Waals surface area contributed by atoms with Crippen LogP contribution >= 0.6 is 11.6 Å². The standard InChI is InChI=1S/C6H3ClN4O2/c7-5-3-1-9-10-6(3)8-2-4(5)11(12)13/h1-2H,(H,8,9,10). The van der Waals surface area contributed by atoms with Gasteiger partial charge >= 0.3 is 5.69 Å². The van der Waals surface area contributed by atoms with Crippen LogP contribution in [-0.4, -0.2) is 20.1 Å². The lowest BCUT2D eigenvalue weighted by Gasteiger charge is -1.93. The molecule has 7 heteroatoms. The fourth-order valence-corrected chi connectivity index (χ4v) is 1.24. The molecular formula is C6H3ClN4O2. The Hall–Kier alpha value is -1.69. The Morgan fingerprint density at radius 2 is 2.31 bits per heavy atom. The van der Waals surface area contributed by atoms with Crippen molar-refractivity contribution in [1.82, 2.24) is 15.2 Å². The lowest BCUT2D eigenvalue weighted by atomic mass is 10.3. The molecule has 0 amide bonds. The molecule has 0 fully saturated rings. The smallest absolute Gasteiger partial charge is 0.261 e. The molecule has 0 spiro atoms. The van der Waals surface area contributed by atoms with Crippen LogP contribution in [0.2, 0.25) is 5.02 Å². The average Bonchev–Trinajstić information content (AvgIpc) is 2.52. The Kier molecular flexibility index (Phi) is 1.63. The van der Waals surface area contributed by atoms with Gasteiger partial charge in [0.1, 0.15) is 11.2 Å². The molecule has 0 unspecified atom stereocenters. The lowest BCUT2D eigenvalue weighted by molar-refractivity contribution is -0.384. The van der Waals surface area contributed by atoms with E-state index in [1.54, 1.807) is 0 Å². The molecule has 2 aromatic rings. The number of pyridine rings is 1. The predicted octanol–water partition coefficient (Wildman–Crippen LogP) is 1.52. The number of halogens is 1. The maximum absolute atomic E-state index is 10.4. The van der Waals surface area contributed by atoms with Gasteiger partial charge in [-0.25, -0.2) is 4.98 Å². The largest absolute Gasteiger partial charge is 0.306 e. The lowest BCUT2D eigenvalue weighted by Crippen LogP contribution is -1.90. The molecule has 1 N–H and O–H groups in total. The van der Waals surface area contributed by atoms with Crippen LogP contribution in [-0.2, 0) is 0 Å². The highest BCUT2D eigenvalue weighted by Gasteiger charge is 2.16. The summed E-state index contributed by atoms with van der Waals surface area (Å²) in [6.07, 6.45) is 2.50. The number of hydrogen-bond acceptors (Lipinski definition) is 4. The number of aromatic nitrogens is 3. The van der Waals surface area contributed by atoms with E-state index in [0.29, 0.717) is 11.0 Å². The van der Waals surface area contributed by atoms with Gasteiger partial charge in [0.25, 0.3) is 0 Å². The second-order valence-electron chi connectivity index (χ2n) is 2.35. The summed E-state index contributed by atoms with van der Waals surface area (Å²) in [7, 11) is 0. The van der Waals surface area contributed by atoms with Gasteiger partial charge in [-0.1, -0.05) is 11.6 Å². The molecule has 0 aliphatic heterocycles. The van der Waals surface area contributed by atoms with Crippen LogP contribution < -0.4 is 0 Å². The summed E-state index contributed by atoms with van der Waals surface area (Å²) in [6, 6.07) is 0. The Labute approximate surface area is 76.7 Å². The highest BCUT2D eigenvalue weighted by atomic mass is 35.5. The Morgan fingerprint density at radius 3 is 3.00 bits per heavy atom. The van der Waals surface area contributed by atoms with E-state index in [-0.39, 0.29) is 10.7 Å². The summed E-state index contributed by atoms with van der Waals surface area (Å²) < 4.78 is 0. The van der Waals surface area contributed by atoms with E-state index in [0.717, 1.165) is 6.20 Å². The maximum atomic E-state index is 10.4. The number of nitro groups is 1. The van der Waals surface area contributed by atoms with Crippen LogP contribution in [0.3, 0.4) is 0 Å². The number of aromatic amines is 1. The molecule has 13 heavy (non-hydrogen) atoms. The average molecular weight is 199 g/mol. The van der Waals surface area contributed by atoms with Gasteiger partial charge in [0.15, 0.2) is 5.65 Å². The predicted molar refractivity (Wildman–Crippen MR) is 45.6 cm³/mol. The zero-order valence-electron chi connectivity index (χ0n) is 6.19. The first-order chi connectivity index (χ1) is 6.20. The number of nitrogens with one attached hydrogen (secondary N) is 1. The van der Waals surface area contributed by atoms with Crippen molar-refractivity contribution in [3.63, 3.8) is 0 Å². The Bertz CT molecular complexity index is 480. The summed E-state index contributed by atoms with van der Waals surface area (Å²) in [4.78, 5) is 13.6. The summed E-state index contributed by atoms with van der Waals surface area (Å²) in [5.41, 5.74) is 0.228. The van der Waals surface area contributed by atoms with Crippen LogP contribution in [0.25, 0.3) is 11.0 Å². The number of nitrogens with zero attached hydrogens (tertiary/aromatic N) is 3. The van der Waals surface area contributed by atoms with Crippen molar-refractivity contribution < 1.29 is 4.92 Å². The Morgan fingerprint density at radius 1 is 1.54 bits per heavy atom. The first-order valence-corrected chi connectivity index (χ1v) is 3.70. The number of rotatable bonds is 1. The number of fused-ring (bicyclic) bond motifs is 1. The van der Waals surface area contributed by atoms with Gasteiger partial charge in [0.05, 0.1) is 16.5 Å². The van der Waals surface area contributed by atoms with Crippen LogP contribution in [0.4, 0.5) is 5.69 Å². The van der Waals surface area contributed by atoms with Gasteiger partial charge in [-0.05, 0) is 0 Å². The fourth-order valence-electron chi connectivity index (χ4n) is 0.986.